The van der Waals surface area contributed by atoms with Gasteiger partial charge in [0, 0.05) is 18.9 Å². The van der Waals surface area contributed by atoms with E-state index in [1.807, 2.05) is 0 Å². The first kappa shape index (κ1) is 12.8. The molecule has 0 amide bonds. The van der Waals surface area contributed by atoms with Crippen LogP contribution in [0.2, 0.25) is 5.28 Å². The molecule has 2 aromatic rings. The third kappa shape index (κ3) is 3.40. The summed E-state index contributed by atoms with van der Waals surface area (Å²) in [6.45, 7) is 7.12. The number of rotatable bonds is 3. The fourth-order valence-electron chi connectivity index (χ4n) is 1.26. The van der Waals surface area contributed by atoms with Crippen LogP contribution in [-0.2, 0) is 0 Å². The Bertz CT molecular complexity index is 517. The van der Waals surface area contributed by atoms with Crippen LogP contribution in [0.15, 0.2) is 18.7 Å². The number of nitrogens with one attached hydrogen (secondary N) is 1. The topological polar surface area (TPSA) is 68.5 Å². The second-order valence-electron chi connectivity index (χ2n) is 5.11. The van der Waals surface area contributed by atoms with E-state index in [9.17, 15) is 0 Å². The maximum absolute atomic E-state index is 5.88. The van der Waals surface area contributed by atoms with Gasteiger partial charge in [0.05, 0.1) is 0 Å². The van der Waals surface area contributed by atoms with Crippen LogP contribution >= 0.6 is 11.6 Å². The van der Waals surface area contributed by atoms with Crippen LogP contribution in [0.1, 0.15) is 20.8 Å². The largest absolute Gasteiger partial charge is 0.354 e. The number of hydrogen-bond acceptors (Lipinski definition) is 5. The third-order valence-electron chi connectivity index (χ3n) is 2.11. The second kappa shape index (κ2) is 4.89. The van der Waals surface area contributed by atoms with E-state index in [-0.39, 0.29) is 10.7 Å². The van der Waals surface area contributed by atoms with Gasteiger partial charge in [-0.2, -0.15) is 15.0 Å². The Kier molecular flexibility index (Phi) is 3.47. The zero-order valence-corrected chi connectivity index (χ0v) is 11.3. The smallest absolute Gasteiger partial charge is 0.241 e. The van der Waals surface area contributed by atoms with Gasteiger partial charge in [0.2, 0.25) is 17.2 Å². The lowest BCUT2D eigenvalue weighted by Crippen LogP contribution is -2.20. The molecule has 0 aliphatic heterocycles. The quantitative estimate of drug-likeness (QED) is 0.922. The third-order valence-corrected chi connectivity index (χ3v) is 2.28. The molecule has 0 aliphatic carbocycles. The SMILES string of the molecule is CC(C)(C)CNc1nc(Cl)nc(-n2ccnc2)n1. The second-order valence-corrected chi connectivity index (χ2v) is 5.45. The van der Waals surface area contributed by atoms with Gasteiger partial charge < -0.3 is 5.32 Å². The van der Waals surface area contributed by atoms with E-state index in [0.29, 0.717) is 11.9 Å². The Hall–Kier alpha value is -1.69. The van der Waals surface area contributed by atoms with Crippen molar-refractivity contribution in [2.24, 2.45) is 5.41 Å². The monoisotopic (exact) mass is 266 g/mol. The molecule has 0 saturated carbocycles. The van der Waals surface area contributed by atoms with Crippen LogP contribution in [0.3, 0.4) is 0 Å². The van der Waals surface area contributed by atoms with Crippen molar-refractivity contribution in [2.75, 3.05) is 11.9 Å². The summed E-state index contributed by atoms with van der Waals surface area (Å²) in [5.74, 6) is 0.914. The Morgan fingerprint density at radius 2 is 2.06 bits per heavy atom. The van der Waals surface area contributed by atoms with E-state index in [4.69, 9.17) is 11.6 Å². The number of hydrogen-bond donors (Lipinski definition) is 1. The molecule has 2 rings (SSSR count). The molecule has 18 heavy (non-hydrogen) atoms. The summed E-state index contributed by atoms with van der Waals surface area (Å²) in [7, 11) is 0. The molecule has 7 heteroatoms. The highest BCUT2D eigenvalue weighted by molar-refractivity contribution is 6.28. The van der Waals surface area contributed by atoms with Crippen molar-refractivity contribution >= 4 is 17.5 Å². The molecule has 0 aliphatic rings. The molecule has 0 saturated heterocycles. The van der Waals surface area contributed by atoms with Crippen molar-refractivity contribution in [1.29, 1.82) is 0 Å². The lowest BCUT2D eigenvalue weighted by molar-refractivity contribution is 0.441. The van der Waals surface area contributed by atoms with Gasteiger partial charge >= 0.3 is 0 Å². The molecular weight excluding hydrogens is 252 g/mol. The molecule has 0 aromatic carbocycles. The highest BCUT2D eigenvalue weighted by atomic mass is 35.5. The summed E-state index contributed by atoms with van der Waals surface area (Å²) >= 11 is 5.88. The Labute approximate surface area is 110 Å². The molecule has 96 valence electrons. The first-order valence-electron chi connectivity index (χ1n) is 5.58. The summed E-state index contributed by atoms with van der Waals surface area (Å²) in [6, 6.07) is 0. The average molecular weight is 267 g/mol. The van der Waals surface area contributed by atoms with Crippen molar-refractivity contribution in [3.63, 3.8) is 0 Å². The Balaban J connectivity index is 2.22. The van der Waals surface area contributed by atoms with Gasteiger partial charge in [-0.05, 0) is 17.0 Å². The summed E-state index contributed by atoms with van der Waals surface area (Å²) in [4.78, 5) is 16.3. The normalized spacial score (nSPS) is 11.6. The minimum Gasteiger partial charge on any atom is -0.354 e. The molecular formula is C11H15ClN6. The van der Waals surface area contributed by atoms with Crippen molar-refractivity contribution in [2.45, 2.75) is 20.8 Å². The Morgan fingerprint density at radius 1 is 1.28 bits per heavy atom. The van der Waals surface area contributed by atoms with E-state index in [1.165, 1.54) is 0 Å². The summed E-state index contributed by atoms with van der Waals surface area (Å²) < 4.78 is 1.68. The maximum Gasteiger partial charge on any atom is 0.241 e. The number of aromatic nitrogens is 5. The van der Waals surface area contributed by atoms with Crippen molar-refractivity contribution in [1.82, 2.24) is 24.5 Å². The molecule has 0 atom stereocenters. The molecule has 1 N–H and O–H groups in total. The average Bonchev–Trinajstić information content (AvgIpc) is 2.78. The predicted octanol–water partition coefficient (Wildman–Crippen LogP) is 2.17. The lowest BCUT2D eigenvalue weighted by atomic mass is 9.97. The number of nitrogens with zero attached hydrogens (tertiary/aromatic N) is 5. The molecule has 0 fully saturated rings. The van der Waals surface area contributed by atoms with Crippen molar-refractivity contribution < 1.29 is 0 Å². The zero-order chi connectivity index (χ0) is 13.2. The minimum absolute atomic E-state index is 0.133. The number of halogens is 1. The van der Waals surface area contributed by atoms with Crippen LogP contribution in [0.25, 0.3) is 5.95 Å². The van der Waals surface area contributed by atoms with E-state index >= 15 is 0 Å². The van der Waals surface area contributed by atoms with Crippen LogP contribution in [-0.4, -0.2) is 31.0 Å². The van der Waals surface area contributed by atoms with E-state index < -0.39 is 0 Å². The molecule has 2 heterocycles. The minimum atomic E-state index is 0.133. The van der Waals surface area contributed by atoms with Gasteiger partial charge in [-0.3, -0.25) is 4.57 Å². The summed E-state index contributed by atoms with van der Waals surface area (Å²) in [5, 5.41) is 3.30. The van der Waals surface area contributed by atoms with Crippen molar-refractivity contribution in [3.8, 4) is 5.95 Å². The fraction of sp³-hybridized carbons (Fsp3) is 0.455. The van der Waals surface area contributed by atoms with Crippen LogP contribution in [0.5, 0.6) is 0 Å². The van der Waals surface area contributed by atoms with Gasteiger partial charge in [-0.25, -0.2) is 4.98 Å². The highest BCUT2D eigenvalue weighted by Crippen LogP contribution is 2.15. The van der Waals surface area contributed by atoms with E-state index in [2.05, 4.69) is 46.0 Å². The van der Waals surface area contributed by atoms with Gasteiger partial charge in [-0.15, -0.1) is 0 Å². The van der Waals surface area contributed by atoms with Crippen LogP contribution < -0.4 is 5.32 Å². The fourth-order valence-corrected chi connectivity index (χ4v) is 1.41. The molecule has 0 bridgehead atoms. The molecule has 0 unspecified atom stereocenters. The van der Waals surface area contributed by atoms with Gasteiger partial charge in [0.25, 0.3) is 0 Å². The zero-order valence-electron chi connectivity index (χ0n) is 10.6. The van der Waals surface area contributed by atoms with Gasteiger partial charge in [0.15, 0.2) is 0 Å². The summed E-state index contributed by atoms with van der Waals surface area (Å²) in [6.07, 6.45) is 5.01. The molecule has 2 aromatic heterocycles. The lowest BCUT2D eigenvalue weighted by Gasteiger charge is -2.18. The van der Waals surface area contributed by atoms with Crippen LogP contribution in [0.4, 0.5) is 5.95 Å². The van der Waals surface area contributed by atoms with Crippen LogP contribution in [0, 0.1) is 5.41 Å². The predicted molar refractivity (Wildman–Crippen MR) is 69.9 cm³/mol. The molecule has 6 nitrogen and oxygen atoms in total. The highest BCUT2D eigenvalue weighted by Gasteiger charge is 2.12. The summed E-state index contributed by atoms with van der Waals surface area (Å²) in [5.41, 5.74) is 0.133. The van der Waals surface area contributed by atoms with Crippen molar-refractivity contribution in [3.05, 3.63) is 24.0 Å². The van der Waals surface area contributed by atoms with E-state index in [1.54, 1.807) is 23.3 Å². The van der Waals surface area contributed by atoms with Gasteiger partial charge in [-0.1, -0.05) is 20.8 Å². The standard InChI is InChI=1S/C11H15ClN6/c1-11(2,3)6-14-9-15-8(12)16-10(17-9)18-5-4-13-7-18/h4-5,7H,6H2,1-3H3,(H,14,15,16,17). The van der Waals surface area contributed by atoms with Gasteiger partial charge in [0.1, 0.15) is 6.33 Å². The first-order chi connectivity index (χ1) is 8.44. The van der Waals surface area contributed by atoms with E-state index in [0.717, 1.165) is 6.54 Å². The number of anilines is 1. The molecule has 0 radical (unpaired) electrons. The number of imidazole rings is 1. The first-order valence-corrected chi connectivity index (χ1v) is 5.96. The maximum atomic E-state index is 5.88. The molecule has 0 spiro atoms. The Morgan fingerprint density at radius 3 is 2.67 bits per heavy atom.